The molecule has 5 nitrogen and oxygen atoms in total. The molecule has 0 unspecified atom stereocenters. The van der Waals surface area contributed by atoms with Crippen LogP contribution in [-0.4, -0.2) is 27.4 Å². The van der Waals surface area contributed by atoms with Gasteiger partial charge in [-0.1, -0.05) is 18.2 Å². The van der Waals surface area contributed by atoms with Crippen LogP contribution in [0.1, 0.15) is 11.5 Å². The Morgan fingerprint density at radius 1 is 1.18 bits per heavy atom. The average Bonchev–Trinajstić information content (AvgIpc) is 2.96. The lowest BCUT2D eigenvalue weighted by atomic mass is 10.3. The maximum atomic E-state index is 11.7. The first kappa shape index (κ1) is 14.0. The summed E-state index contributed by atoms with van der Waals surface area (Å²) in [4.78, 5) is 23.5. The van der Waals surface area contributed by atoms with Crippen molar-refractivity contribution in [1.82, 2.24) is 20.3 Å². The monoisotopic (exact) mass is 292 g/mol. The lowest BCUT2D eigenvalue weighted by Crippen LogP contribution is -2.23. The van der Waals surface area contributed by atoms with Crippen molar-refractivity contribution >= 4 is 23.0 Å². The smallest absolute Gasteiger partial charge is 0.244 e. The number of carbonyl (C=O) groups is 1. The zero-order valence-electron chi connectivity index (χ0n) is 12.0. The molecule has 1 aromatic carbocycles. The fraction of sp³-hybridized carbons (Fsp3) is 0.118. The van der Waals surface area contributed by atoms with Crippen LogP contribution in [0, 0.1) is 0 Å². The van der Waals surface area contributed by atoms with Crippen molar-refractivity contribution in [2.75, 3.05) is 6.54 Å². The van der Waals surface area contributed by atoms with Gasteiger partial charge in [0.15, 0.2) is 0 Å². The van der Waals surface area contributed by atoms with Gasteiger partial charge < -0.3 is 10.3 Å². The molecule has 3 rings (SSSR count). The van der Waals surface area contributed by atoms with E-state index in [4.69, 9.17) is 0 Å². The van der Waals surface area contributed by atoms with Gasteiger partial charge in [-0.05, 0) is 30.3 Å². The van der Waals surface area contributed by atoms with Crippen molar-refractivity contribution in [1.29, 1.82) is 0 Å². The lowest BCUT2D eigenvalue weighted by Gasteiger charge is -1.99. The summed E-state index contributed by atoms with van der Waals surface area (Å²) in [5.41, 5.74) is 2.72. The zero-order chi connectivity index (χ0) is 15.2. The standard InChI is InChI=1S/C17H16N4O/c22-17(9-8-13-5-3-4-11-18-13)19-12-10-16-20-14-6-1-2-7-15(14)21-16/h1-9,11H,10,12H2,(H,19,22)(H,20,21)/b9-8+. The SMILES string of the molecule is O=C(/C=C/c1ccccn1)NCCc1nc2ccccc2[nH]1. The molecule has 0 spiro atoms. The number of imidazole rings is 1. The van der Waals surface area contributed by atoms with Crippen LogP contribution in [0.15, 0.2) is 54.7 Å². The molecule has 3 aromatic rings. The van der Waals surface area contributed by atoms with E-state index in [2.05, 4.69) is 20.3 Å². The number of carbonyl (C=O) groups excluding carboxylic acids is 1. The molecule has 0 aliphatic carbocycles. The van der Waals surface area contributed by atoms with Gasteiger partial charge in [0.05, 0.1) is 16.7 Å². The number of nitrogens with one attached hydrogen (secondary N) is 2. The number of amides is 1. The van der Waals surface area contributed by atoms with Crippen molar-refractivity contribution in [2.45, 2.75) is 6.42 Å². The van der Waals surface area contributed by atoms with Gasteiger partial charge >= 0.3 is 0 Å². The molecule has 0 aliphatic rings. The van der Waals surface area contributed by atoms with E-state index in [1.807, 2.05) is 42.5 Å². The fourth-order valence-electron chi connectivity index (χ4n) is 2.12. The Morgan fingerprint density at radius 3 is 2.86 bits per heavy atom. The maximum absolute atomic E-state index is 11.7. The Kier molecular flexibility index (Phi) is 4.25. The topological polar surface area (TPSA) is 70.7 Å². The quantitative estimate of drug-likeness (QED) is 0.709. The predicted molar refractivity (Wildman–Crippen MR) is 86.1 cm³/mol. The molecule has 1 amide bonds. The Balaban J connectivity index is 1.50. The number of para-hydroxylation sites is 2. The summed E-state index contributed by atoms with van der Waals surface area (Å²) in [7, 11) is 0. The van der Waals surface area contributed by atoms with Gasteiger partial charge in [0.1, 0.15) is 5.82 Å². The van der Waals surface area contributed by atoms with Crippen LogP contribution in [0.2, 0.25) is 0 Å². The molecule has 0 bridgehead atoms. The lowest BCUT2D eigenvalue weighted by molar-refractivity contribution is -0.116. The summed E-state index contributed by atoms with van der Waals surface area (Å²) in [5, 5.41) is 2.83. The number of pyridine rings is 1. The van der Waals surface area contributed by atoms with E-state index in [0.29, 0.717) is 13.0 Å². The third kappa shape index (κ3) is 3.58. The first-order valence-corrected chi connectivity index (χ1v) is 7.12. The predicted octanol–water partition coefficient (Wildman–Crippen LogP) is 2.33. The van der Waals surface area contributed by atoms with Crippen LogP contribution in [0.5, 0.6) is 0 Å². The normalized spacial score (nSPS) is 11.1. The molecule has 0 radical (unpaired) electrons. The third-order valence-corrected chi connectivity index (χ3v) is 3.19. The minimum Gasteiger partial charge on any atom is -0.352 e. The highest BCUT2D eigenvalue weighted by molar-refractivity contribution is 5.91. The third-order valence-electron chi connectivity index (χ3n) is 3.19. The minimum absolute atomic E-state index is 0.137. The highest BCUT2D eigenvalue weighted by Crippen LogP contribution is 2.10. The maximum Gasteiger partial charge on any atom is 0.244 e. The van der Waals surface area contributed by atoms with Crippen molar-refractivity contribution in [3.63, 3.8) is 0 Å². The first-order valence-electron chi connectivity index (χ1n) is 7.12. The second-order valence-corrected chi connectivity index (χ2v) is 4.83. The number of hydrogen-bond donors (Lipinski definition) is 2. The molecule has 0 saturated carbocycles. The summed E-state index contributed by atoms with van der Waals surface area (Å²) in [6.07, 6.45) is 5.54. The van der Waals surface area contributed by atoms with Crippen LogP contribution in [0.25, 0.3) is 17.1 Å². The summed E-state index contributed by atoms with van der Waals surface area (Å²) in [5.74, 6) is 0.733. The van der Waals surface area contributed by atoms with Crippen LogP contribution in [-0.2, 0) is 11.2 Å². The molecule has 0 saturated heterocycles. The molecule has 2 N–H and O–H groups in total. The van der Waals surface area contributed by atoms with Crippen LogP contribution in [0.4, 0.5) is 0 Å². The van der Waals surface area contributed by atoms with Gasteiger partial charge in [-0.2, -0.15) is 0 Å². The van der Waals surface area contributed by atoms with E-state index >= 15 is 0 Å². The Labute approximate surface area is 128 Å². The Bertz CT molecular complexity index is 760. The van der Waals surface area contributed by atoms with Crippen molar-refractivity contribution in [3.8, 4) is 0 Å². The summed E-state index contributed by atoms with van der Waals surface area (Å²) >= 11 is 0. The fourth-order valence-corrected chi connectivity index (χ4v) is 2.12. The molecule has 2 heterocycles. The first-order chi connectivity index (χ1) is 10.8. The number of H-pyrrole nitrogens is 1. The van der Waals surface area contributed by atoms with E-state index < -0.39 is 0 Å². The average molecular weight is 292 g/mol. The van der Waals surface area contributed by atoms with E-state index in [9.17, 15) is 4.79 Å². The number of fused-ring (bicyclic) bond motifs is 1. The summed E-state index contributed by atoms with van der Waals surface area (Å²) in [6.45, 7) is 0.533. The minimum atomic E-state index is -0.137. The van der Waals surface area contributed by atoms with Crippen LogP contribution in [0.3, 0.4) is 0 Å². The Morgan fingerprint density at radius 2 is 2.05 bits per heavy atom. The molecule has 0 fully saturated rings. The molecule has 0 aliphatic heterocycles. The van der Waals surface area contributed by atoms with Gasteiger partial charge in [-0.15, -0.1) is 0 Å². The van der Waals surface area contributed by atoms with Gasteiger partial charge in [0.2, 0.25) is 5.91 Å². The van der Waals surface area contributed by atoms with Crippen molar-refractivity contribution < 1.29 is 4.79 Å². The van der Waals surface area contributed by atoms with Crippen LogP contribution < -0.4 is 5.32 Å². The van der Waals surface area contributed by atoms with Gasteiger partial charge in [0.25, 0.3) is 0 Å². The molecule has 22 heavy (non-hydrogen) atoms. The number of rotatable bonds is 5. The second kappa shape index (κ2) is 6.67. The van der Waals surface area contributed by atoms with Gasteiger partial charge in [-0.25, -0.2) is 4.98 Å². The van der Waals surface area contributed by atoms with E-state index in [1.54, 1.807) is 12.3 Å². The zero-order valence-corrected chi connectivity index (χ0v) is 12.0. The molecular formula is C17H16N4O. The number of nitrogens with zero attached hydrogens (tertiary/aromatic N) is 2. The molecule has 110 valence electrons. The van der Waals surface area contributed by atoms with E-state index in [0.717, 1.165) is 22.6 Å². The van der Waals surface area contributed by atoms with Gasteiger partial charge in [-0.3, -0.25) is 9.78 Å². The van der Waals surface area contributed by atoms with Gasteiger partial charge in [0, 0.05) is 25.2 Å². The highest BCUT2D eigenvalue weighted by atomic mass is 16.1. The second-order valence-electron chi connectivity index (χ2n) is 4.83. The number of aromatic nitrogens is 3. The molecular weight excluding hydrogens is 276 g/mol. The van der Waals surface area contributed by atoms with E-state index in [1.165, 1.54) is 6.08 Å². The number of hydrogen-bond acceptors (Lipinski definition) is 3. The summed E-state index contributed by atoms with van der Waals surface area (Å²) < 4.78 is 0. The summed E-state index contributed by atoms with van der Waals surface area (Å²) in [6, 6.07) is 13.4. The largest absolute Gasteiger partial charge is 0.352 e. The highest BCUT2D eigenvalue weighted by Gasteiger charge is 2.02. The van der Waals surface area contributed by atoms with E-state index in [-0.39, 0.29) is 5.91 Å². The number of benzene rings is 1. The van der Waals surface area contributed by atoms with Crippen LogP contribution >= 0.6 is 0 Å². The molecule has 2 aromatic heterocycles. The Hall–Kier alpha value is -2.95. The van der Waals surface area contributed by atoms with Crippen molar-refractivity contribution in [3.05, 3.63) is 66.3 Å². The van der Waals surface area contributed by atoms with Crippen molar-refractivity contribution in [2.24, 2.45) is 0 Å². The molecule has 0 atom stereocenters. The number of aromatic amines is 1. The molecule has 5 heteroatoms.